The molecule has 0 aliphatic carbocycles. The summed E-state index contributed by atoms with van der Waals surface area (Å²) in [7, 11) is 0. The molecule has 0 bridgehead atoms. The zero-order chi connectivity index (χ0) is 21.7. The first kappa shape index (κ1) is 19.7. The smallest absolute Gasteiger partial charge is 0.257 e. The van der Waals surface area contributed by atoms with Crippen LogP contribution in [-0.4, -0.2) is 52.8 Å². The van der Waals surface area contributed by atoms with Crippen LogP contribution in [-0.2, 0) is 6.54 Å². The maximum Gasteiger partial charge on any atom is 0.257 e. The third-order valence-corrected chi connectivity index (χ3v) is 6.87. The fraction of sp³-hybridized carbons (Fsp3) is 0.417. The fourth-order valence-electron chi connectivity index (χ4n) is 5.22. The topological polar surface area (TPSA) is 68.6 Å². The Kier molecular flexibility index (Phi) is 4.84. The highest BCUT2D eigenvalue weighted by Gasteiger charge is 2.35. The summed E-state index contributed by atoms with van der Waals surface area (Å²) in [5.74, 6) is 1.02. The molecule has 1 aromatic carbocycles. The van der Waals surface area contributed by atoms with E-state index in [4.69, 9.17) is 9.47 Å². The van der Waals surface area contributed by atoms with Gasteiger partial charge in [-0.1, -0.05) is 0 Å². The van der Waals surface area contributed by atoms with Crippen LogP contribution in [0.2, 0.25) is 0 Å². The van der Waals surface area contributed by atoms with Crippen LogP contribution in [0.25, 0.3) is 10.9 Å². The number of fused-ring (bicyclic) bond motifs is 1. The second-order valence-corrected chi connectivity index (χ2v) is 8.77. The van der Waals surface area contributed by atoms with Gasteiger partial charge in [-0.3, -0.25) is 9.69 Å². The molecule has 1 unspecified atom stereocenters. The summed E-state index contributed by atoms with van der Waals surface area (Å²) < 4.78 is 28.2. The molecule has 0 radical (unpaired) electrons. The van der Waals surface area contributed by atoms with Crippen molar-refractivity contribution in [1.29, 1.82) is 0 Å². The molecule has 2 atom stereocenters. The summed E-state index contributed by atoms with van der Waals surface area (Å²) in [6.07, 6.45) is 3.55. The van der Waals surface area contributed by atoms with Crippen molar-refractivity contribution in [2.24, 2.45) is 0 Å². The lowest BCUT2D eigenvalue weighted by Crippen LogP contribution is -2.48. The molecular weight excluding hydrogens is 411 g/mol. The van der Waals surface area contributed by atoms with Gasteiger partial charge in [0.2, 0.25) is 0 Å². The minimum Gasteiger partial charge on any atom is -0.484 e. The first-order valence-corrected chi connectivity index (χ1v) is 11.2. The average molecular weight is 436 g/mol. The number of hydrogen-bond donors (Lipinski definition) is 1. The molecule has 1 N–H and O–H groups in total. The third-order valence-electron chi connectivity index (χ3n) is 6.87. The van der Waals surface area contributed by atoms with Crippen LogP contribution in [0, 0.1) is 5.82 Å². The van der Waals surface area contributed by atoms with E-state index >= 15 is 0 Å². The van der Waals surface area contributed by atoms with E-state index in [9.17, 15) is 9.18 Å². The van der Waals surface area contributed by atoms with Gasteiger partial charge in [-0.25, -0.2) is 9.37 Å². The highest BCUT2D eigenvalue weighted by atomic mass is 19.1. The summed E-state index contributed by atoms with van der Waals surface area (Å²) in [5, 5.41) is 4.52. The molecule has 1 saturated heterocycles. The highest BCUT2D eigenvalue weighted by molar-refractivity contribution is 5.84. The summed E-state index contributed by atoms with van der Waals surface area (Å²) in [6, 6.07) is 10.6. The van der Waals surface area contributed by atoms with Crippen LogP contribution in [0.3, 0.4) is 0 Å². The number of pyridine rings is 2. The molecule has 3 aliphatic rings. The second kappa shape index (κ2) is 7.86. The van der Waals surface area contributed by atoms with Crippen LogP contribution in [0.15, 0.2) is 47.4 Å². The van der Waals surface area contributed by atoms with Gasteiger partial charge < -0.3 is 19.4 Å². The largest absolute Gasteiger partial charge is 0.484 e. The number of nitrogens with one attached hydrogen (secondary N) is 1. The highest BCUT2D eigenvalue weighted by Crippen LogP contribution is 2.38. The van der Waals surface area contributed by atoms with Crippen molar-refractivity contribution in [2.45, 2.75) is 37.6 Å². The molecule has 0 saturated carbocycles. The molecule has 1 fully saturated rings. The van der Waals surface area contributed by atoms with Gasteiger partial charge in [0.25, 0.3) is 11.4 Å². The second-order valence-electron chi connectivity index (χ2n) is 8.77. The predicted molar refractivity (Wildman–Crippen MR) is 118 cm³/mol. The van der Waals surface area contributed by atoms with Crippen molar-refractivity contribution < 1.29 is 13.9 Å². The van der Waals surface area contributed by atoms with Gasteiger partial charge in [-0.2, -0.15) is 0 Å². The molecule has 2 aromatic heterocycles. The molecule has 5 heterocycles. The van der Waals surface area contributed by atoms with Crippen LogP contribution in [0.1, 0.15) is 24.4 Å². The number of halogens is 1. The lowest BCUT2D eigenvalue weighted by atomic mass is 9.99. The van der Waals surface area contributed by atoms with Gasteiger partial charge in [0.1, 0.15) is 18.5 Å². The molecule has 6 rings (SSSR count). The van der Waals surface area contributed by atoms with Crippen molar-refractivity contribution in [2.75, 3.05) is 26.2 Å². The Morgan fingerprint density at radius 3 is 2.88 bits per heavy atom. The van der Waals surface area contributed by atoms with Crippen LogP contribution < -0.4 is 20.3 Å². The van der Waals surface area contributed by atoms with E-state index in [1.807, 2.05) is 12.1 Å². The van der Waals surface area contributed by atoms with E-state index < -0.39 is 0 Å². The van der Waals surface area contributed by atoms with Crippen LogP contribution in [0.5, 0.6) is 11.6 Å². The van der Waals surface area contributed by atoms with Gasteiger partial charge >= 0.3 is 0 Å². The van der Waals surface area contributed by atoms with Crippen LogP contribution in [0.4, 0.5) is 4.39 Å². The maximum atomic E-state index is 14.8. The monoisotopic (exact) mass is 436 g/mol. The molecule has 3 aromatic rings. The lowest BCUT2D eigenvalue weighted by molar-refractivity contribution is 0.0763. The Hall–Kier alpha value is -2.97. The summed E-state index contributed by atoms with van der Waals surface area (Å²) in [4.78, 5) is 18.9. The summed E-state index contributed by atoms with van der Waals surface area (Å²) in [5.41, 5.74) is 1.37. The number of benzene rings is 1. The van der Waals surface area contributed by atoms with E-state index in [1.54, 1.807) is 29.0 Å². The Morgan fingerprint density at radius 1 is 1.16 bits per heavy atom. The normalized spacial score (nSPS) is 23.0. The first-order chi connectivity index (χ1) is 15.7. The average Bonchev–Trinajstić information content (AvgIpc) is 3.25. The van der Waals surface area contributed by atoms with Gasteiger partial charge in [-0.05, 0) is 48.6 Å². The summed E-state index contributed by atoms with van der Waals surface area (Å²) in [6.45, 7) is 3.42. The van der Waals surface area contributed by atoms with Crippen molar-refractivity contribution >= 4 is 10.9 Å². The number of rotatable bonds is 4. The molecule has 7 nitrogen and oxygen atoms in total. The standard InChI is InChI=1S/C24H25FN4O3/c25-18-5-3-15-4-6-21(30)29-13-19(22(18)23(15)29)28-10-7-16(8-11-28)27-12-17-14-31-20-2-1-9-26-24(20)32-17/h1-6,9,16-17,19,27H,7-8,10-14H2/t17-,19?/m0/s1. The molecule has 3 aliphatic heterocycles. The molecule has 32 heavy (non-hydrogen) atoms. The minimum atomic E-state index is -0.220. The molecule has 8 heteroatoms. The number of hydrogen-bond acceptors (Lipinski definition) is 6. The lowest BCUT2D eigenvalue weighted by Gasteiger charge is -2.37. The maximum absolute atomic E-state index is 14.8. The first-order valence-electron chi connectivity index (χ1n) is 11.2. The van der Waals surface area contributed by atoms with Crippen molar-refractivity contribution in [3.8, 4) is 11.6 Å². The molecular formula is C24H25FN4O3. The zero-order valence-electron chi connectivity index (χ0n) is 17.7. The van der Waals surface area contributed by atoms with Gasteiger partial charge in [-0.15, -0.1) is 0 Å². The van der Waals surface area contributed by atoms with E-state index in [2.05, 4.69) is 15.2 Å². The molecule has 0 amide bonds. The zero-order valence-corrected chi connectivity index (χ0v) is 17.7. The summed E-state index contributed by atoms with van der Waals surface area (Å²) >= 11 is 0. The third kappa shape index (κ3) is 3.34. The number of likely N-dealkylation sites (tertiary alicyclic amines) is 1. The van der Waals surface area contributed by atoms with Crippen molar-refractivity contribution in [3.05, 3.63) is 64.3 Å². The molecule has 0 spiro atoms. The van der Waals surface area contributed by atoms with Crippen molar-refractivity contribution in [1.82, 2.24) is 19.8 Å². The SMILES string of the molecule is O=c1ccc2ccc(F)c3c2n1CC3N1CCC(NC[C@H]2COc3cccnc3O2)CC1. The minimum absolute atomic E-state index is 0.0610. The number of aromatic nitrogens is 2. The van der Waals surface area contributed by atoms with Gasteiger partial charge in [0.15, 0.2) is 5.75 Å². The number of piperidine rings is 1. The number of ether oxygens (including phenoxy) is 2. The van der Waals surface area contributed by atoms with E-state index in [1.165, 1.54) is 6.07 Å². The quantitative estimate of drug-likeness (QED) is 0.678. The van der Waals surface area contributed by atoms with E-state index in [-0.39, 0.29) is 23.5 Å². The molecule has 166 valence electrons. The van der Waals surface area contributed by atoms with Gasteiger partial charge in [0.05, 0.1) is 11.6 Å². The predicted octanol–water partition coefficient (Wildman–Crippen LogP) is 2.48. The van der Waals surface area contributed by atoms with Crippen LogP contribution >= 0.6 is 0 Å². The fourth-order valence-corrected chi connectivity index (χ4v) is 5.22. The Bertz CT molecular complexity index is 1220. The van der Waals surface area contributed by atoms with E-state index in [0.717, 1.165) is 36.8 Å². The van der Waals surface area contributed by atoms with Gasteiger partial charge in [0, 0.05) is 50.0 Å². The number of nitrogens with zero attached hydrogens (tertiary/aromatic N) is 3. The Balaban J connectivity index is 1.09. The Morgan fingerprint density at radius 2 is 2.00 bits per heavy atom. The van der Waals surface area contributed by atoms with Crippen molar-refractivity contribution in [3.63, 3.8) is 0 Å². The Labute approximate surface area is 184 Å². The van der Waals surface area contributed by atoms with E-state index in [0.29, 0.717) is 42.9 Å².